The minimum atomic E-state index is -0.993. The van der Waals surface area contributed by atoms with Gasteiger partial charge in [-0.25, -0.2) is 0 Å². The van der Waals surface area contributed by atoms with E-state index < -0.39 is 5.60 Å². The average Bonchev–Trinajstić information content (AvgIpc) is 2.91. The smallest absolute Gasteiger partial charge is 0.130 e. The highest BCUT2D eigenvalue weighted by molar-refractivity contribution is 5.41. The van der Waals surface area contributed by atoms with Crippen LogP contribution in [0.3, 0.4) is 0 Å². The molecule has 2 saturated carbocycles. The van der Waals surface area contributed by atoms with Gasteiger partial charge in [0.1, 0.15) is 11.4 Å². The van der Waals surface area contributed by atoms with Crippen molar-refractivity contribution in [1.82, 2.24) is 0 Å². The van der Waals surface area contributed by atoms with E-state index in [1.54, 1.807) is 0 Å². The molecular weight excluding hydrogens is 324 g/mol. The molecule has 4 rings (SSSR count). The van der Waals surface area contributed by atoms with E-state index >= 15 is 0 Å². The number of phenolic OH excluding ortho intramolecular Hbond substituents is 1. The van der Waals surface area contributed by atoms with Crippen LogP contribution in [0.15, 0.2) is 18.2 Å². The summed E-state index contributed by atoms with van der Waals surface area (Å²) in [4.78, 5) is 0. The molecule has 0 aliphatic heterocycles. The third-order valence-corrected chi connectivity index (χ3v) is 7.64. The van der Waals surface area contributed by atoms with Crippen molar-refractivity contribution < 1.29 is 14.9 Å². The number of hydrogen-bond acceptors (Lipinski definition) is 3. The Bertz CT molecular complexity index is 735. The fraction of sp³-hybridized carbons (Fsp3) is 0.652. The lowest BCUT2D eigenvalue weighted by atomic mass is 9.52. The number of hydrogen-bond donors (Lipinski definition) is 2. The van der Waals surface area contributed by atoms with E-state index in [9.17, 15) is 10.2 Å². The van der Waals surface area contributed by atoms with E-state index in [-0.39, 0.29) is 11.5 Å². The van der Waals surface area contributed by atoms with Gasteiger partial charge in [-0.3, -0.25) is 0 Å². The van der Waals surface area contributed by atoms with Gasteiger partial charge in [-0.05, 0) is 79.5 Å². The van der Waals surface area contributed by atoms with Crippen LogP contribution < -0.4 is 0 Å². The highest BCUT2D eigenvalue weighted by Crippen LogP contribution is 2.64. The maximum atomic E-state index is 11.1. The second kappa shape index (κ2) is 6.29. The minimum Gasteiger partial charge on any atom is -0.508 e. The molecule has 3 nitrogen and oxygen atoms in total. The zero-order valence-electron chi connectivity index (χ0n) is 15.9. The molecule has 0 heterocycles. The van der Waals surface area contributed by atoms with Crippen LogP contribution in [-0.4, -0.2) is 28.5 Å². The molecular formula is C23H30O3. The standard InChI is InChI=1S/C23H30O3/c1-4-12-26-20-14-15-13-16(24)6-7-17(15)18-8-10-22(3)19(21(18)20)9-11-23(22,25)5-2/h2,6-7,13,18-21,24-25H,4,8-12,14H2,1,3H3/t18-,19+,20-,21-,22+,23+/m1/s1. The number of aliphatic hydroxyl groups is 1. The summed E-state index contributed by atoms with van der Waals surface area (Å²) in [5, 5.41) is 21.1. The summed E-state index contributed by atoms with van der Waals surface area (Å²) in [7, 11) is 0. The van der Waals surface area contributed by atoms with E-state index in [1.165, 1.54) is 11.1 Å². The van der Waals surface area contributed by atoms with Gasteiger partial charge in [-0.2, -0.15) is 0 Å². The number of terminal acetylenes is 1. The fourth-order valence-electron chi connectivity index (χ4n) is 6.25. The second-order valence-electron chi connectivity index (χ2n) is 8.79. The highest BCUT2D eigenvalue weighted by Gasteiger charge is 2.62. The van der Waals surface area contributed by atoms with Gasteiger partial charge in [0.25, 0.3) is 0 Å². The molecule has 3 heteroatoms. The first-order chi connectivity index (χ1) is 12.4. The minimum absolute atomic E-state index is 0.138. The Labute approximate surface area is 156 Å². The summed E-state index contributed by atoms with van der Waals surface area (Å²) in [6, 6.07) is 5.82. The van der Waals surface area contributed by atoms with Gasteiger partial charge in [0.05, 0.1) is 6.10 Å². The van der Waals surface area contributed by atoms with Crippen LogP contribution in [-0.2, 0) is 11.2 Å². The molecule has 3 aliphatic carbocycles. The van der Waals surface area contributed by atoms with Gasteiger partial charge in [0.15, 0.2) is 0 Å². The SMILES string of the molecule is C#C[C@]1(O)CC[C@H]2[C@H]3[C@H](CC[C@@]21C)c1ccc(O)cc1C[C@H]3OCCC. The quantitative estimate of drug-likeness (QED) is 0.806. The number of phenols is 1. The van der Waals surface area contributed by atoms with Gasteiger partial charge >= 0.3 is 0 Å². The third-order valence-electron chi connectivity index (χ3n) is 7.64. The van der Waals surface area contributed by atoms with E-state index in [0.717, 1.165) is 38.7 Å². The number of ether oxygens (including phenoxy) is 1. The molecule has 0 amide bonds. The van der Waals surface area contributed by atoms with Gasteiger partial charge in [0.2, 0.25) is 0 Å². The summed E-state index contributed by atoms with van der Waals surface area (Å²) < 4.78 is 6.34. The molecule has 3 aliphatic rings. The molecule has 0 aromatic heterocycles. The van der Waals surface area contributed by atoms with E-state index in [2.05, 4.69) is 25.8 Å². The number of rotatable bonds is 3. The lowest BCUT2D eigenvalue weighted by molar-refractivity contribution is -0.106. The van der Waals surface area contributed by atoms with Crippen molar-refractivity contribution in [3.63, 3.8) is 0 Å². The van der Waals surface area contributed by atoms with Crippen molar-refractivity contribution in [3.8, 4) is 18.1 Å². The van der Waals surface area contributed by atoms with Gasteiger partial charge in [0, 0.05) is 12.0 Å². The van der Waals surface area contributed by atoms with E-state index in [0.29, 0.717) is 29.9 Å². The van der Waals surface area contributed by atoms with Crippen LogP contribution in [0.5, 0.6) is 5.75 Å². The number of aromatic hydroxyl groups is 1. The highest BCUT2D eigenvalue weighted by atomic mass is 16.5. The van der Waals surface area contributed by atoms with Crippen molar-refractivity contribution in [1.29, 1.82) is 0 Å². The Kier molecular flexibility index (Phi) is 4.33. The summed E-state index contributed by atoms with van der Waals surface area (Å²) >= 11 is 0. The Morgan fingerprint density at radius 2 is 2.12 bits per heavy atom. The molecule has 2 fully saturated rings. The van der Waals surface area contributed by atoms with Crippen molar-refractivity contribution in [2.45, 2.75) is 70.0 Å². The van der Waals surface area contributed by atoms with Crippen LogP contribution in [0.2, 0.25) is 0 Å². The summed E-state index contributed by atoms with van der Waals surface area (Å²) in [6.07, 6.45) is 11.4. The first-order valence-electron chi connectivity index (χ1n) is 10.1. The molecule has 0 radical (unpaired) electrons. The second-order valence-corrected chi connectivity index (χ2v) is 8.79. The fourth-order valence-corrected chi connectivity index (χ4v) is 6.25. The molecule has 1 aromatic carbocycles. The molecule has 0 unspecified atom stereocenters. The summed E-state index contributed by atoms with van der Waals surface area (Å²) in [5.41, 5.74) is 1.36. The molecule has 26 heavy (non-hydrogen) atoms. The van der Waals surface area contributed by atoms with Crippen LogP contribution in [0.25, 0.3) is 0 Å². The predicted molar refractivity (Wildman–Crippen MR) is 102 cm³/mol. The van der Waals surface area contributed by atoms with Gasteiger partial charge in [-0.15, -0.1) is 6.42 Å². The number of fused-ring (bicyclic) bond motifs is 5. The number of benzene rings is 1. The molecule has 6 atom stereocenters. The molecule has 0 saturated heterocycles. The summed E-state index contributed by atoms with van der Waals surface area (Å²) in [6.45, 7) is 5.09. The zero-order valence-corrected chi connectivity index (χ0v) is 15.9. The molecule has 0 spiro atoms. The van der Waals surface area contributed by atoms with Crippen molar-refractivity contribution in [2.24, 2.45) is 17.3 Å². The normalized spacial score (nSPS) is 41.0. The molecule has 1 aromatic rings. The van der Waals surface area contributed by atoms with E-state index in [4.69, 9.17) is 11.2 Å². The van der Waals surface area contributed by atoms with E-state index in [1.807, 2.05) is 12.1 Å². The maximum Gasteiger partial charge on any atom is 0.130 e. The van der Waals surface area contributed by atoms with Gasteiger partial charge < -0.3 is 14.9 Å². The Balaban J connectivity index is 1.75. The predicted octanol–water partition coefficient (Wildman–Crippen LogP) is 4.02. The Morgan fingerprint density at radius 1 is 1.31 bits per heavy atom. The van der Waals surface area contributed by atoms with Crippen LogP contribution in [0.1, 0.15) is 63.0 Å². The molecule has 140 valence electrons. The van der Waals surface area contributed by atoms with Gasteiger partial charge in [-0.1, -0.05) is 25.8 Å². The average molecular weight is 354 g/mol. The summed E-state index contributed by atoms with van der Waals surface area (Å²) in [5.74, 6) is 4.27. The lowest BCUT2D eigenvalue weighted by Crippen LogP contribution is -2.53. The Morgan fingerprint density at radius 3 is 2.85 bits per heavy atom. The molecule has 2 N–H and O–H groups in total. The first-order valence-corrected chi connectivity index (χ1v) is 10.1. The lowest BCUT2D eigenvalue weighted by Gasteiger charge is -2.54. The topological polar surface area (TPSA) is 49.7 Å². The van der Waals surface area contributed by atoms with Crippen molar-refractivity contribution >= 4 is 0 Å². The van der Waals surface area contributed by atoms with Crippen LogP contribution in [0.4, 0.5) is 0 Å². The van der Waals surface area contributed by atoms with Crippen molar-refractivity contribution in [3.05, 3.63) is 29.3 Å². The Hall–Kier alpha value is -1.50. The first kappa shape index (κ1) is 17.9. The third kappa shape index (κ3) is 2.42. The monoisotopic (exact) mass is 354 g/mol. The van der Waals surface area contributed by atoms with Crippen LogP contribution >= 0.6 is 0 Å². The molecule has 0 bridgehead atoms. The largest absolute Gasteiger partial charge is 0.508 e. The van der Waals surface area contributed by atoms with Crippen molar-refractivity contribution in [2.75, 3.05) is 6.61 Å². The maximum absolute atomic E-state index is 11.1. The van der Waals surface area contributed by atoms with Crippen LogP contribution in [0, 0.1) is 29.6 Å². The zero-order chi connectivity index (χ0) is 18.5.